The second-order valence-corrected chi connectivity index (χ2v) is 3.17. The van der Waals surface area contributed by atoms with E-state index in [-0.39, 0.29) is 0 Å². The van der Waals surface area contributed by atoms with Crippen LogP contribution in [0.1, 0.15) is 19.5 Å². The summed E-state index contributed by atoms with van der Waals surface area (Å²) in [6, 6.07) is 0.489. The average Bonchev–Trinajstić information content (AvgIpc) is 2.64. The first-order valence-electron chi connectivity index (χ1n) is 4.74. The van der Waals surface area contributed by atoms with E-state index in [1.54, 1.807) is 6.33 Å². The highest BCUT2D eigenvalue weighted by atomic mass is 15.0. The lowest BCUT2D eigenvalue weighted by Gasteiger charge is -2.12. The van der Waals surface area contributed by atoms with Crippen LogP contribution in [0, 0.1) is 0 Å². The third-order valence-electron chi connectivity index (χ3n) is 1.90. The van der Waals surface area contributed by atoms with E-state index in [0.717, 1.165) is 25.3 Å². The number of aromatic amines is 1. The molecule has 13 heavy (non-hydrogen) atoms. The fourth-order valence-electron chi connectivity index (χ4n) is 1.10. The first kappa shape index (κ1) is 10.2. The zero-order chi connectivity index (χ0) is 9.52. The Morgan fingerprint density at radius 2 is 2.46 bits per heavy atom. The number of nitrogens with zero attached hydrogens (tertiary/aromatic N) is 1. The Bertz CT molecular complexity index is 207. The maximum absolute atomic E-state index is 3.95. The summed E-state index contributed by atoms with van der Waals surface area (Å²) in [5.41, 5.74) is 1.13. The lowest BCUT2D eigenvalue weighted by Crippen LogP contribution is -2.35. The molecule has 0 radical (unpaired) electrons. The van der Waals surface area contributed by atoms with Crippen LogP contribution >= 0.6 is 0 Å². The zero-order valence-corrected chi connectivity index (χ0v) is 8.30. The van der Waals surface area contributed by atoms with Crippen LogP contribution < -0.4 is 10.6 Å². The summed E-state index contributed by atoms with van der Waals surface area (Å²) in [7, 11) is 0. The monoisotopic (exact) mass is 182 g/mol. The van der Waals surface area contributed by atoms with Crippen LogP contribution in [-0.4, -0.2) is 29.1 Å². The molecule has 0 aliphatic carbocycles. The molecule has 74 valence electrons. The lowest BCUT2D eigenvalue weighted by atomic mass is 10.3. The molecule has 0 fully saturated rings. The molecule has 4 nitrogen and oxygen atoms in total. The second kappa shape index (κ2) is 5.72. The van der Waals surface area contributed by atoms with E-state index in [0.29, 0.717) is 6.04 Å². The highest BCUT2D eigenvalue weighted by Gasteiger charge is 2.00. The standard InChI is InChI=1S/C9H18N4/c1-3-10-4-8(2)12-6-9-5-11-7-13-9/h5,7-8,10,12H,3-4,6H2,1-2H3,(H,11,13). The normalized spacial score (nSPS) is 13.1. The van der Waals surface area contributed by atoms with Crippen molar-refractivity contribution in [3.05, 3.63) is 18.2 Å². The van der Waals surface area contributed by atoms with Gasteiger partial charge in [-0.3, -0.25) is 0 Å². The van der Waals surface area contributed by atoms with E-state index in [1.165, 1.54) is 0 Å². The fourth-order valence-corrected chi connectivity index (χ4v) is 1.10. The van der Waals surface area contributed by atoms with Gasteiger partial charge in [-0.15, -0.1) is 0 Å². The molecule has 1 heterocycles. The van der Waals surface area contributed by atoms with Crippen molar-refractivity contribution >= 4 is 0 Å². The van der Waals surface area contributed by atoms with Crippen LogP contribution in [0.3, 0.4) is 0 Å². The summed E-state index contributed by atoms with van der Waals surface area (Å²) in [5.74, 6) is 0. The van der Waals surface area contributed by atoms with Crippen molar-refractivity contribution in [1.29, 1.82) is 0 Å². The van der Waals surface area contributed by atoms with Gasteiger partial charge >= 0.3 is 0 Å². The molecule has 1 unspecified atom stereocenters. The van der Waals surface area contributed by atoms with Crippen LogP contribution in [0.2, 0.25) is 0 Å². The van der Waals surface area contributed by atoms with Crippen LogP contribution in [-0.2, 0) is 6.54 Å². The van der Waals surface area contributed by atoms with Gasteiger partial charge < -0.3 is 15.6 Å². The van der Waals surface area contributed by atoms with Gasteiger partial charge in [0, 0.05) is 31.0 Å². The quantitative estimate of drug-likeness (QED) is 0.600. The number of hydrogen-bond acceptors (Lipinski definition) is 3. The van der Waals surface area contributed by atoms with Crippen molar-refractivity contribution in [3.63, 3.8) is 0 Å². The van der Waals surface area contributed by atoms with E-state index in [2.05, 4.69) is 34.4 Å². The van der Waals surface area contributed by atoms with Crippen molar-refractivity contribution in [3.8, 4) is 0 Å². The Balaban J connectivity index is 2.11. The molecule has 1 rings (SSSR count). The van der Waals surface area contributed by atoms with E-state index in [1.807, 2.05) is 6.20 Å². The third kappa shape index (κ3) is 4.05. The summed E-state index contributed by atoms with van der Waals surface area (Å²) in [6.07, 6.45) is 3.54. The van der Waals surface area contributed by atoms with E-state index in [9.17, 15) is 0 Å². The molecule has 0 bridgehead atoms. The molecular weight excluding hydrogens is 164 g/mol. The number of hydrogen-bond donors (Lipinski definition) is 3. The maximum Gasteiger partial charge on any atom is 0.0922 e. The van der Waals surface area contributed by atoms with E-state index >= 15 is 0 Å². The average molecular weight is 182 g/mol. The molecule has 4 heteroatoms. The highest BCUT2D eigenvalue weighted by molar-refractivity contribution is 4.93. The van der Waals surface area contributed by atoms with Crippen molar-refractivity contribution in [2.24, 2.45) is 0 Å². The SMILES string of the molecule is CCNCC(C)NCc1cnc[nH]1. The molecule has 0 aliphatic rings. The Morgan fingerprint density at radius 1 is 1.62 bits per heavy atom. The van der Waals surface area contributed by atoms with Gasteiger partial charge in [-0.25, -0.2) is 4.98 Å². The van der Waals surface area contributed by atoms with Gasteiger partial charge in [-0.1, -0.05) is 6.92 Å². The topological polar surface area (TPSA) is 52.7 Å². The predicted molar refractivity (Wildman–Crippen MR) is 53.4 cm³/mol. The van der Waals surface area contributed by atoms with Gasteiger partial charge in [0.2, 0.25) is 0 Å². The van der Waals surface area contributed by atoms with Crippen molar-refractivity contribution in [2.45, 2.75) is 26.4 Å². The molecule has 0 aromatic carbocycles. The lowest BCUT2D eigenvalue weighted by molar-refractivity contribution is 0.506. The molecule has 0 amide bonds. The first-order valence-corrected chi connectivity index (χ1v) is 4.74. The highest BCUT2D eigenvalue weighted by Crippen LogP contribution is 1.90. The molecule has 1 atom stereocenters. The van der Waals surface area contributed by atoms with Crippen molar-refractivity contribution in [2.75, 3.05) is 13.1 Å². The Morgan fingerprint density at radius 3 is 3.08 bits per heavy atom. The predicted octanol–water partition coefficient (Wildman–Crippen LogP) is 0.497. The van der Waals surface area contributed by atoms with Crippen LogP contribution in [0.15, 0.2) is 12.5 Å². The van der Waals surface area contributed by atoms with Gasteiger partial charge in [-0.2, -0.15) is 0 Å². The van der Waals surface area contributed by atoms with Crippen LogP contribution in [0.4, 0.5) is 0 Å². The summed E-state index contributed by atoms with van der Waals surface area (Å²) in [6.45, 7) is 7.16. The minimum atomic E-state index is 0.489. The summed E-state index contributed by atoms with van der Waals surface area (Å²) < 4.78 is 0. The minimum Gasteiger partial charge on any atom is -0.347 e. The first-order chi connectivity index (χ1) is 6.33. The van der Waals surface area contributed by atoms with Crippen LogP contribution in [0.25, 0.3) is 0 Å². The van der Waals surface area contributed by atoms with E-state index < -0.39 is 0 Å². The van der Waals surface area contributed by atoms with Gasteiger partial charge in [0.1, 0.15) is 0 Å². The number of rotatable bonds is 6. The van der Waals surface area contributed by atoms with Gasteiger partial charge in [0.05, 0.1) is 6.33 Å². The Kier molecular flexibility index (Phi) is 4.49. The summed E-state index contributed by atoms with van der Waals surface area (Å²) >= 11 is 0. The molecule has 1 aromatic heterocycles. The number of likely N-dealkylation sites (N-methyl/N-ethyl adjacent to an activating group) is 1. The molecule has 0 aliphatic heterocycles. The van der Waals surface area contributed by atoms with Crippen LogP contribution in [0.5, 0.6) is 0 Å². The smallest absolute Gasteiger partial charge is 0.0922 e. The van der Waals surface area contributed by atoms with Gasteiger partial charge in [0.25, 0.3) is 0 Å². The Hall–Kier alpha value is -0.870. The molecule has 0 saturated heterocycles. The minimum absolute atomic E-state index is 0.489. The fraction of sp³-hybridized carbons (Fsp3) is 0.667. The van der Waals surface area contributed by atoms with E-state index in [4.69, 9.17) is 0 Å². The summed E-state index contributed by atoms with van der Waals surface area (Å²) in [5, 5.41) is 6.68. The maximum atomic E-state index is 3.95. The van der Waals surface area contributed by atoms with Gasteiger partial charge in [0.15, 0.2) is 0 Å². The number of nitrogens with one attached hydrogen (secondary N) is 3. The zero-order valence-electron chi connectivity index (χ0n) is 8.30. The van der Waals surface area contributed by atoms with Gasteiger partial charge in [-0.05, 0) is 13.5 Å². The molecule has 0 spiro atoms. The summed E-state index contributed by atoms with van der Waals surface area (Å²) in [4.78, 5) is 7.01. The molecular formula is C9H18N4. The number of imidazole rings is 1. The Labute approximate surface area is 79.1 Å². The number of H-pyrrole nitrogens is 1. The molecule has 3 N–H and O–H groups in total. The third-order valence-corrected chi connectivity index (χ3v) is 1.90. The largest absolute Gasteiger partial charge is 0.347 e. The number of aromatic nitrogens is 2. The molecule has 1 aromatic rings. The van der Waals surface area contributed by atoms with Crippen molar-refractivity contribution < 1.29 is 0 Å². The molecule has 0 saturated carbocycles. The second-order valence-electron chi connectivity index (χ2n) is 3.17. The van der Waals surface area contributed by atoms with Crippen molar-refractivity contribution in [1.82, 2.24) is 20.6 Å².